The summed E-state index contributed by atoms with van der Waals surface area (Å²) < 4.78 is 0. The monoisotopic (exact) mass is 310 g/mol. The van der Waals surface area contributed by atoms with E-state index in [0.717, 1.165) is 50.1 Å². The highest BCUT2D eigenvalue weighted by atomic mass is 32.1. The Morgan fingerprint density at radius 2 is 1.95 bits per heavy atom. The first-order chi connectivity index (χ1) is 10.1. The van der Waals surface area contributed by atoms with Gasteiger partial charge in [-0.2, -0.15) is 0 Å². The van der Waals surface area contributed by atoms with E-state index in [2.05, 4.69) is 20.2 Å². The molecule has 118 valence electrons. The summed E-state index contributed by atoms with van der Waals surface area (Å²) >= 11 is 1.71. The molecule has 0 aliphatic carbocycles. The van der Waals surface area contributed by atoms with Gasteiger partial charge in [0, 0.05) is 44.6 Å². The molecule has 0 saturated carbocycles. The van der Waals surface area contributed by atoms with Crippen LogP contribution in [-0.4, -0.2) is 66.0 Å². The molecule has 1 aromatic rings. The molecule has 1 fully saturated rings. The molecule has 1 amide bonds. The van der Waals surface area contributed by atoms with E-state index >= 15 is 0 Å². The lowest BCUT2D eigenvalue weighted by Crippen LogP contribution is -2.54. The van der Waals surface area contributed by atoms with Crippen molar-refractivity contribution in [3.63, 3.8) is 0 Å². The van der Waals surface area contributed by atoms with Gasteiger partial charge in [-0.25, -0.2) is 4.98 Å². The van der Waals surface area contributed by atoms with Crippen molar-refractivity contribution in [2.45, 2.75) is 33.7 Å². The van der Waals surface area contributed by atoms with Crippen LogP contribution < -0.4 is 4.90 Å². The van der Waals surface area contributed by atoms with Crippen molar-refractivity contribution in [2.24, 2.45) is 0 Å². The lowest BCUT2D eigenvalue weighted by molar-refractivity contribution is -0.136. The minimum Gasteiger partial charge on any atom is -0.346 e. The number of amides is 1. The molecule has 1 aliphatic heterocycles. The first-order valence-electron chi connectivity index (χ1n) is 7.76. The summed E-state index contributed by atoms with van der Waals surface area (Å²) in [5.41, 5.74) is 1.09. The molecule has 0 spiro atoms. The highest BCUT2D eigenvalue weighted by Crippen LogP contribution is 2.22. The Balaban J connectivity index is 1.90. The Morgan fingerprint density at radius 3 is 2.43 bits per heavy atom. The van der Waals surface area contributed by atoms with E-state index in [0.29, 0.717) is 0 Å². The van der Waals surface area contributed by atoms with Gasteiger partial charge in [0.2, 0.25) is 5.91 Å². The van der Waals surface area contributed by atoms with Crippen molar-refractivity contribution in [1.29, 1.82) is 0 Å². The largest absolute Gasteiger partial charge is 0.346 e. The van der Waals surface area contributed by atoms with E-state index < -0.39 is 0 Å². The number of aryl methyl sites for hydroxylation is 1. The van der Waals surface area contributed by atoms with Crippen LogP contribution in [-0.2, 0) is 4.79 Å². The molecule has 5 nitrogen and oxygen atoms in total. The molecule has 2 heterocycles. The summed E-state index contributed by atoms with van der Waals surface area (Å²) in [6.45, 7) is 13.5. The van der Waals surface area contributed by atoms with Crippen molar-refractivity contribution in [2.75, 3.05) is 44.2 Å². The molecule has 2 rings (SSSR count). The number of hydrogen-bond acceptors (Lipinski definition) is 5. The highest BCUT2D eigenvalue weighted by molar-refractivity contribution is 7.13. The number of carbonyl (C=O) groups is 1. The lowest BCUT2D eigenvalue weighted by atomic mass is 10.2. The van der Waals surface area contributed by atoms with Crippen LogP contribution in [0.25, 0.3) is 0 Å². The second-order valence-corrected chi connectivity index (χ2v) is 6.32. The van der Waals surface area contributed by atoms with Crippen LogP contribution in [0.3, 0.4) is 0 Å². The van der Waals surface area contributed by atoms with Crippen LogP contribution >= 0.6 is 11.3 Å². The van der Waals surface area contributed by atoms with Crippen molar-refractivity contribution in [1.82, 2.24) is 14.8 Å². The molecule has 21 heavy (non-hydrogen) atoms. The standard InChI is InChI=1S/C15H26N4OS/c1-5-17(6-2)14(20)13(4)18-7-9-19(10-8-18)15-16-12(3)11-21-15/h11,13H,5-10H2,1-4H3. The van der Waals surface area contributed by atoms with Crippen LogP contribution in [0.5, 0.6) is 0 Å². The molecule has 0 N–H and O–H groups in total. The summed E-state index contributed by atoms with van der Waals surface area (Å²) in [7, 11) is 0. The smallest absolute Gasteiger partial charge is 0.239 e. The minimum absolute atomic E-state index is 0.0231. The molecule has 1 saturated heterocycles. The van der Waals surface area contributed by atoms with Gasteiger partial charge in [-0.1, -0.05) is 0 Å². The molecule has 1 unspecified atom stereocenters. The number of thiazole rings is 1. The van der Waals surface area contributed by atoms with Gasteiger partial charge >= 0.3 is 0 Å². The zero-order valence-corrected chi connectivity index (χ0v) is 14.3. The van der Waals surface area contributed by atoms with Crippen molar-refractivity contribution < 1.29 is 4.79 Å². The number of anilines is 1. The predicted molar refractivity (Wildman–Crippen MR) is 88.0 cm³/mol. The van der Waals surface area contributed by atoms with E-state index in [1.807, 2.05) is 32.6 Å². The molecule has 1 atom stereocenters. The Bertz CT molecular complexity index is 464. The molecule has 0 radical (unpaired) electrons. The van der Waals surface area contributed by atoms with Crippen LogP contribution in [0, 0.1) is 6.92 Å². The van der Waals surface area contributed by atoms with Crippen LogP contribution in [0.1, 0.15) is 26.5 Å². The third-order valence-electron chi connectivity index (χ3n) is 4.17. The summed E-state index contributed by atoms with van der Waals surface area (Å²) in [6, 6.07) is -0.0231. The average molecular weight is 310 g/mol. The second-order valence-electron chi connectivity index (χ2n) is 5.48. The number of aromatic nitrogens is 1. The van der Waals surface area contributed by atoms with Crippen LogP contribution in [0.4, 0.5) is 5.13 Å². The Morgan fingerprint density at radius 1 is 1.33 bits per heavy atom. The van der Waals surface area contributed by atoms with Crippen LogP contribution in [0.2, 0.25) is 0 Å². The predicted octanol–water partition coefficient (Wildman–Crippen LogP) is 1.83. The van der Waals surface area contributed by atoms with Gasteiger partial charge in [-0.05, 0) is 27.7 Å². The topological polar surface area (TPSA) is 39.7 Å². The maximum Gasteiger partial charge on any atom is 0.239 e. The molecule has 1 aromatic heterocycles. The van der Waals surface area contributed by atoms with E-state index in [9.17, 15) is 4.79 Å². The fourth-order valence-corrected chi connectivity index (χ4v) is 3.60. The maximum absolute atomic E-state index is 12.4. The number of piperazine rings is 1. The number of rotatable bonds is 5. The summed E-state index contributed by atoms with van der Waals surface area (Å²) in [5.74, 6) is 0.249. The average Bonchev–Trinajstić information content (AvgIpc) is 2.94. The third kappa shape index (κ3) is 3.74. The third-order valence-corrected chi connectivity index (χ3v) is 5.19. The van der Waals surface area contributed by atoms with Crippen molar-refractivity contribution in [3.8, 4) is 0 Å². The molecular weight excluding hydrogens is 284 g/mol. The van der Waals surface area contributed by atoms with Gasteiger partial charge in [0.15, 0.2) is 5.13 Å². The van der Waals surface area contributed by atoms with E-state index in [1.165, 1.54) is 0 Å². The zero-order chi connectivity index (χ0) is 15.4. The number of nitrogens with zero attached hydrogens (tertiary/aromatic N) is 4. The quantitative estimate of drug-likeness (QED) is 0.832. The van der Waals surface area contributed by atoms with Crippen LogP contribution in [0.15, 0.2) is 5.38 Å². The van der Waals surface area contributed by atoms with Gasteiger partial charge in [0.05, 0.1) is 11.7 Å². The summed E-state index contributed by atoms with van der Waals surface area (Å²) in [4.78, 5) is 23.5. The van der Waals surface area contributed by atoms with Gasteiger partial charge in [-0.3, -0.25) is 9.69 Å². The fraction of sp³-hybridized carbons (Fsp3) is 0.733. The van der Waals surface area contributed by atoms with E-state index in [1.54, 1.807) is 11.3 Å². The molecule has 6 heteroatoms. The lowest BCUT2D eigenvalue weighted by Gasteiger charge is -2.38. The Kier molecular flexibility index (Phi) is 5.58. The SMILES string of the molecule is CCN(CC)C(=O)C(C)N1CCN(c2nc(C)cs2)CC1. The number of carbonyl (C=O) groups excluding carboxylic acids is 1. The fourth-order valence-electron chi connectivity index (χ4n) is 2.74. The first kappa shape index (κ1) is 16.2. The minimum atomic E-state index is -0.0231. The molecular formula is C15H26N4OS. The van der Waals surface area contributed by atoms with Gasteiger partial charge in [0.25, 0.3) is 0 Å². The van der Waals surface area contributed by atoms with Gasteiger partial charge in [0.1, 0.15) is 0 Å². The van der Waals surface area contributed by atoms with Crippen molar-refractivity contribution >= 4 is 22.4 Å². The molecule has 0 bridgehead atoms. The first-order valence-corrected chi connectivity index (χ1v) is 8.64. The molecule has 0 aromatic carbocycles. The van der Waals surface area contributed by atoms with Crippen molar-refractivity contribution in [3.05, 3.63) is 11.1 Å². The van der Waals surface area contributed by atoms with E-state index in [-0.39, 0.29) is 11.9 Å². The second kappa shape index (κ2) is 7.22. The summed E-state index contributed by atoms with van der Waals surface area (Å²) in [6.07, 6.45) is 0. The van der Waals surface area contributed by atoms with Gasteiger partial charge < -0.3 is 9.80 Å². The van der Waals surface area contributed by atoms with E-state index in [4.69, 9.17) is 0 Å². The molecule has 1 aliphatic rings. The highest BCUT2D eigenvalue weighted by Gasteiger charge is 2.28. The maximum atomic E-state index is 12.4. The summed E-state index contributed by atoms with van der Waals surface area (Å²) in [5, 5.41) is 3.20. The Hall–Kier alpha value is -1.14. The normalized spacial score (nSPS) is 17.8. The Labute approximate surface area is 131 Å². The number of likely N-dealkylation sites (N-methyl/N-ethyl adjacent to an activating group) is 1. The van der Waals surface area contributed by atoms with Gasteiger partial charge in [-0.15, -0.1) is 11.3 Å². The number of hydrogen-bond donors (Lipinski definition) is 0. The zero-order valence-electron chi connectivity index (χ0n) is 13.5.